The van der Waals surface area contributed by atoms with Crippen molar-refractivity contribution in [3.8, 4) is 0 Å². The largest absolute Gasteiger partial charge is 0.467 e. The van der Waals surface area contributed by atoms with Gasteiger partial charge in [0.15, 0.2) is 0 Å². The van der Waals surface area contributed by atoms with E-state index in [1.54, 1.807) is 17.2 Å². The van der Waals surface area contributed by atoms with Gasteiger partial charge in [0.25, 0.3) is 5.91 Å². The van der Waals surface area contributed by atoms with E-state index in [0.29, 0.717) is 18.7 Å². The van der Waals surface area contributed by atoms with Crippen molar-refractivity contribution in [1.82, 2.24) is 4.90 Å². The number of halogens is 2. The Morgan fingerprint density at radius 3 is 2.68 bits per heavy atom. The normalized spacial score (nSPS) is 10.5. The van der Waals surface area contributed by atoms with Crippen molar-refractivity contribution in [2.75, 3.05) is 6.54 Å². The second kappa shape index (κ2) is 6.39. The molecule has 0 atom stereocenters. The summed E-state index contributed by atoms with van der Waals surface area (Å²) in [6.07, 6.45) is 1.61. The number of hydrogen-bond donors (Lipinski definition) is 0. The van der Waals surface area contributed by atoms with Crippen molar-refractivity contribution in [2.45, 2.75) is 13.5 Å². The minimum Gasteiger partial charge on any atom is -0.467 e. The van der Waals surface area contributed by atoms with Gasteiger partial charge in [-0.15, -0.1) is 0 Å². The van der Waals surface area contributed by atoms with E-state index in [0.717, 1.165) is 14.7 Å². The molecule has 0 bridgehead atoms. The van der Waals surface area contributed by atoms with Crippen LogP contribution in [0, 0.1) is 0 Å². The first kappa shape index (κ1) is 14.3. The minimum atomic E-state index is -0.0155. The maximum absolute atomic E-state index is 12.5. The van der Waals surface area contributed by atoms with Crippen molar-refractivity contribution >= 4 is 37.8 Å². The third kappa shape index (κ3) is 3.48. The lowest BCUT2D eigenvalue weighted by Crippen LogP contribution is -2.30. The molecule has 0 fully saturated rings. The fourth-order valence-electron chi connectivity index (χ4n) is 1.75. The molecular formula is C14H13Br2NO2. The van der Waals surface area contributed by atoms with Crippen LogP contribution in [-0.2, 0) is 6.54 Å². The van der Waals surface area contributed by atoms with Gasteiger partial charge in [-0.1, -0.05) is 15.9 Å². The molecule has 0 N–H and O–H groups in total. The molecule has 0 saturated heterocycles. The number of furan rings is 1. The molecule has 1 aromatic carbocycles. The van der Waals surface area contributed by atoms with Crippen LogP contribution < -0.4 is 0 Å². The summed E-state index contributed by atoms with van der Waals surface area (Å²) in [7, 11) is 0. The fourth-order valence-corrected chi connectivity index (χ4v) is 2.97. The Labute approximate surface area is 128 Å². The molecule has 1 heterocycles. The van der Waals surface area contributed by atoms with Gasteiger partial charge in [0, 0.05) is 15.5 Å². The predicted octanol–water partition coefficient (Wildman–Crippen LogP) is 4.47. The average molecular weight is 387 g/mol. The van der Waals surface area contributed by atoms with Gasteiger partial charge in [-0.3, -0.25) is 4.79 Å². The van der Waals surface area contributed by atoms with E-state index >= 15 is 0 Å². The molecule has 0 saturated carbocycles. The molecule has 0 aliphatic carbocycles. The Morgan fingerprint density at radius 1 is 1.32 bits per heavy atom. The Kier molecular flexibility index (Phi) is 4.82. The van der Waals surface area contributed by atoms with E-state index in [9.17, 15) is 4.79 Å². The number of rotatable bonds is 4. The van der Waals surface area contributed by atoms with Crippen LogP contribution in [-0.4, -0.2) is 17.4 Å². The van der Waals surface area contributed by atoms with Crippen LogP contribution in [0.5, 0.6) is 0 Å². The molecule has 1 aromatic heterocycles. The summed E-state index contributed by atoms with van der Waals surface area (Å²) >= 11 is 6.80. The van der Waals surface area contributed by atoms with Crippen molar-refractivity contribution in [1.29, 1.82) is 0 Å². The molecule has 2 rings (SSSR count). The summed E-state index contributed by atoms with van der Waals surface area (Å²) in [5, 5.41) is 0. The Bertz CT molecular complexity index is 567. The minimum absolute atomic E-state index is 0.0155. The first-order chi connectivity index (χ1) is 9.11. The van der Waals surface area contributed by atoms with Gasteiger partial charge >= 0.3 is 0 Å². The summed E-state index contributed by atoms with van der Waals surface area (Å²) < 4.78 is 7.01. The molecule has 0 aliphatic rings. The summed E-state index contributed by atoms with van der Waals surface area (Å²) in [4.78, 5) is 14.2. The molecule has 19 heavy (non-hydrogen) atoms. The Hall–Kier alpha value is -1.07. The number of hydrogen-bond acceptors (Lipinski definition) is 2. The number of carbonyl (C=O) groups is 1. The lowest BCUT2D eigenvalue weighted by molar-refractivity contribution is 0.0740. The molecular weight excluding hydrogens is 374 g/mol. The zero-order valence-electron chi connectivity index (χ0n) is 10.4. The second-order valence-corrected chi connectivity index (χ2v) is 5.79. The first-order valence-electron chi connectivity index (χ1n) is 5.88. The van der Waals surface area contributed by atoms with Gasteiger partial charge in [0.2, 0.25) is 0 Å². The molecule has 0 spiro atoms. The molecule has 100 valence electrons. The molecule has 1 amide bonds. The SMILES string of the molecule is CCN(Cc1ccco1)C(=O)c1ccc(Br)cc1Br. The maximum atomic E-state index is 12.5. The van der Waals surface area contributed by atoms with Gasteiger partial charge in [-0.25, -0.2) is 0 Å². The Morgan fingerprint density at radius 2 is 2.11 bits per heavy atom. The van der Waals surface area contributed by atoms with Gasteiger partial charge in [-0.05, 0) is 53.2 Å². The van der Waals surface area contributed by atoms with E-state index in [1.165, 1.54) is 0 Å². The summed E-state index contributed by atoms with van der Waals surface area (Å²) in [5.41, 5.74) is 0.650. The molecule has 0 aliphatic heterocycles. The third-order valence-electron chi connectivity index (χ3n) is 2.76. The smallest absolute Gasteiger partial charge is 0.255 e. The summed E-state index contributed by atoms with van der Waals surface area (Å²) in [5.74, 6) is 0.765. The van der Waals surface area contributed by atoms with Gasteiger partial charge in [0.05, 0.1) is 18.4 Å². The van der Waals surface area contributed by atoms with E-state index in [2.05, 4.69) is 31.9 Å². The van der Waals surface area contributed by atoms with Crippen LogP contribution in [0.15, 0.2) is 50.0 Å². The van der Waals surface area contributed by atoms with Crippen molar-refractivity contribution < 1.29 is 9.21 Å². The highest BCUT2D eigenvalue weighted by molar-refractivity contribution is 9.11. The fraction of sp³-hybridized carbons (Fsp3) is 0.214. The number of nitrogens with zero attached hydrogens (tertiary/aromatic N) is 1. The maximum Gasteiger partial charge on any atom is 0.255 e. The van der Waals surface area contributed by atoms with Crippen LogP contribution in [0.25, 0.3) is 0 Å². The molecule has 5 heteroatoms. The highest BCUT2D eigenvalue weighted by Crippen LogP contribution is 2.23. The highest BCUT2D eigenvalue weighted by Gasteiger charge is 2.18. The van der Waals surface area contributed by atoms with E-state index in [4.69, 9.17) is 4.42 Å². The molecule has 2 aromatic rings. The van der Waals surface area contributed by atoms with Crippen molar-refractivity contribution in [2.24, 2.45) is 0 Å². The molecule has 0 unspecified atom stereocenters. The van der Waals surface area contributed by atoms with Crippen LogP contribution in [0.4, 0.5) is 0 Å². The van der Waals surface area contributed by atoms with Crippen LogP contribution in [0.2, 0.25) is 0 Å². The van der Waals surface area contributed by atoms with Gasteiger partial charge < -0.3 is 9.32 Å². The quantitative estimate of drug-likeness (QED) is 0.776. The van der Waals surface area contributed by atoms with Crippen LogP contribution >= 0.6 is 31.9 Å². The monoisotopic (exact) mass is 385 g/mol. The zero-order valence-corrected chi connectivity index (χ0v) is 13.6. The average Bonchev–Trinajstić information content (AvgIpc) is 2.88. The van der Waals surface area contributed by atoms with Gasteiger partial charge in [0.1, 0.15) is 5.76 Å². The predicted molar refractivity (Wildman–Crippen MR) is 81.0 cm³/mol. The van der Waals surface area contributed by atoms with Crippen molar-refractivity contribution in [3.05, 3.63) is 56.9 Å². The number of carbonyl (C=O) groups excluding carboxylic acids is 1. The Balaban J connectivity index is 2.20. The van der Waals surface area contributed by atoms with Crippen LogP contribution in [0.1, 0.15) is 23.0 Å². The van der Waals surface area contributed by atoms with Crippen LogP contribution in [0.3, 0.4) is 0 Å². The van der Waals surface area contributed by atoms with Crippen molar-refractivity contribution in [3.63, 3.8) is 0 Å². The first-order valence-corrected chi connectivity index (χ1v) is 7.47. The molecule has 0 radical (unpaired) electrons. The highest BCUT2D eigenvalue weighted by atomic mass is 79.9. The van der Waals surface area contributed by atoms with E-state index in [1.807, 2.05) is 31.2 Å². The van der Waals surface area contributed by atoms with E-state index < -0.39 is 0 Å². The summed E-state index contributed by atoms with van der Waals surface area (Å²) in [6.45, 7) is 3.06. The lowest BCUT2D eigenvalue weighted by atomic mass is 10.2. The van der Waals surface area contributed by atoms with Gasteiger partial charge in [-0.2, -0.15) is 0 Å². The second-order valence-electron chi connectivity index (χ2n) is 4.02. The standard InChI is InChI=1S/C14H13Br2NO2/c1-2-17(9-11-4-3-7-19-11)14(18)12-6-5-10(15)8-13(12)16/h3-8H,2,9H2,1H3. The lowest BCUT2D eigenvalue weighted by Gasteiger charge is -2.20. The zero-order chi connectivity index (χ0) is 13.8. The number of benzene rings is 1. The molecule has 3 nitrogen and oxygen atoms in total. The third-order valence-corrected chi connectivity index (χ3v) is 3.91. The topological polar surface area (TPSA) is 33.5 Å². The number of amides is 1. The van der Waals surface area contributed by atoms with E-state index in [-0.39, 0.29) is 5.91 Å². The summed E-state index contributed by atoms with van der Waals surface area (Å²) in [6, 6.07) is 9.23.